The van der Waals surface area contributed by atoms with Gasteiger partial charge in [-0.1, -0.05) is 86.3 Å². The average Bonchev–Trinajstić information content (AvgIpc) is 3.04. The van der Waals surface area contributed by atoms with Gasteiger partial charge in [0.25, 0.3) is 0 Å². The zero-order chi connectivity index (χ0) is 33.3. The summed E-state index contributed by atoms with van der Waals surface area (Å²) in [7, 11) is 1.26. The zero-order valence-corrected chi connectivity index (χ0v) is 26.5. The quantitative estimate of drug-likeness (QED) is 0.0747. The van der Waals surface area contributed by atoms with Crippen LogP contribution in [0, 0.1) is 0 Å². The molecule has 0 saturated carbocycles. The predicted octanol–water partition coefficient (Wildman–Crippen LogP) is 5.48. The molecule has 0 aliphatic carbocycles. The Hall–Kier alpha value is -3.96. The number of hydrogen-bond acceptors (Lipinski definition) is 10. The van der Waals surface area contributed by atoms with Crippen LogP contribution in [0.4, 0.5) is 0 Å². The summed E-state index contributed by atoms with van der Waals surface area (Å²) in [5, 5.41) is 41.2. The van der Waals surface area contributed by atoms with E-state index in [0.717, 1.165) is 32.1 Å². The van der Waals surface area contributed by atoms with E-state index in [1.165, 1.54) is 19.6 Å². The summed E-state index contributed by atoms with van der Waals surface area (Å²) in [6, 6.07) is 1.20. The van der Waals surface area contributed by atoms with Gasteiger partial charge in [-0.3, -0.25) is 4.79 Å². The number of phenols is 1. The monoisotopic (exact) mass is 638 g/mol. The summed E-state index contributed by atoms with van der Waals surface area (Å²) in [5.74, 6) is -2.45. The van der Waals surface area contributed by atoms with Crippen molar-refractivity contribution in [2.75, 3.05) is 13.7 Å². The van der Waals surface area contributed by atoms with Crippen LogP contribution in [0.15, 0.2) is 79.0 Å². The van der Waals surface area contributed by atoms with Crippen molar-refractivity contribution in [1.29, 1.82) is 0 Å². The van der Waals surface area contributed by atoms with Crippen molar-refractivity contribution in [1.82, 2.24) is 0 Å². The zero-order valence-electron chi connectivity index (χ0n) is 26.5. The number of methoxy groups -OCH3 is 1. The van der Waals surface area contributed by atoms with Crippen LogP contribution in [0.1, 0.15) is 80.3 Å². The first-order chi connectivity index (χ1) is 22.3. The van der Waals surface area contributed by atoms with Crippen molar-refractivity contribution < 1.29 is 49.0 Å². The summed E-state index contributed by atoms with van der Waals surface area (Å²) in [6.07, 6.45) is 24.4. The molecular formula is C36H46O10. The van der Waals surface area contributed by atoms with Gasteiger partial charge in [-0.15, -0.1) is 0 Å². The molecule has 2 aliphatic heterocycles. The number of aliphatic hydroxyl groups excluding tert-OH is 3. The van der Waals surface area contributed by atoms with Crippen molar-refractivity contribution in [3.05, 3.63) is 90.1 Å². The van der Waals surface area contributed by atoms with Gasteiger partial charge in [-0.25, -0.2) is 4.79 Å². The highest BCUT2D eigenvalue weighted by Gasteiger charge is 2.52. The number of aromatic hydroxyl groups is 1. The Bertz CT molecular complexity index is 1320. The number of hydrogen-bond donors (Lipinski definition) is 4. The Morgan fingerprint density at radius 1 is 0.891 bits per heavy atom. The molecular weight excluding hydrogens is 592 g/mol. The largest absolute Gasteiger partial charge is 0.504 e. The average molecular weight is 639 g/mol. The fourth-order valence-electron chi connectivity index (χ4n) is 4.99. The third kappa shape index (κ3) is 10.3. The highest BCUT2D eigenvalue weighted by Crippen LogP contribution is 2.50. The van der Waals surface area contributed by atoms with E-state index in [0.29, 0.717) is 6.42 Å². The van der Waals surface area contributed by atoms with Gasteiger partial charge in [-0.2, -0.15) is 0 Å². The minimum absolute atomic E-state index is 0.0450. The second-order valence-electron chi connectivity index (χ2n) is 10.8. The molecule has 0 spiro atoms. The molecule has 1 fully saturated rings. The molecule has 0 bridgehead atoms. The summed E-state index contributed by atoms with van der Waals surface area (Å²) in [5.41, 5.74) is -0.209. The second-order valence-corrected chi connectivity index (χ2v) is 10.8. The predicted molar refractivity (Wildman–Crippen MR) is 174 cm³/mol. The first kappa shape index (κ1) is 36.5. The molecule has 0 aromatic heterocycles. The molecule has 5 unspecified atom stereocenters. The number of rotatable bonds is 17. The maximum absolute atomic E-state index is 12.8. The SMILES string of the molecule is CCC/C=C/C=C/C/C=C/C/C=C/C/C=C/C/C=C\CCC(=O)Oc1cc2c(c(O)c1OC)C1OC(CO)C(O)C(O)C1OC2=O. The van der Waals surface area contributed by atoms with E-state index >= 15 is 0 Å². The van der Waals surface area contributed by atoms with Crippen LogP contribution in [0.2, 0.25) is 0 Å². The van der Waals surface area contributed by atoms with Crippen LogP contribution in [-0.4, -0.2) is 70.5 Å². The molecule has 1 saturated heterocycles. The Morgan fingerprint density at radius 3 is 2.11 bits per heavy atom. The van der Waals surface area contributed by atoms with E-state index in [1.54, 1.807) is 0 Å². The van der Waals surface area contributed by atoms with Crippen molar-refractivity contribution >= 4 is 11.9 Å². The molecule has 4 N–H and O–H groups in total. The number of fused-ring (bicyclic) bond motifs is 3. The molecule has 5 atom stereocenters. The molecule has 46 heavy (non-hydrogen) atoms. The minimum atomic E-state index is -1.56. The van der Waals surface area contributed by atoms with Crippen LogP contribution in [0.25, 0.3) is 0 Å². The van der Waals surface area contributed by atoms with Gasteiger partial charge < -0.3 is 39.4 Å². The third-order valence-corrected chi connectivity index (χ3v) is 7.41. The van der Waals surface area contributed by atoms with E-state index in [9.17, 15) is 30.0 Å². The van der Waals surface area contributed by atoms with Gasteiger partial charge in [0.15, 0.2) is 17.6 Å². The number of aliphatic hydroxyl groups is 3. The Balaban J connectivity index is 1.43. The minimum Gasteiger partial charge on any atom is -0.504 e. The van der Waals surface area contributed by atoms with E-state index in [4.69, 9.17) is 18.9 Å². The number of esters is 2. The van der Waals surface area contributed by atoms with Gasteiger partial charge in [0, 0.05) is 12.0 Å². The van der Waals surface area contributed by atoms with E-state index in [-0.39, 0.29) is 29.0 Å². The van der Waals surface area contributed by atoms with Gasteiger partial charge in [0.1, 0.15) is 24.4 Å². The summed E-state index contributed by atoms with van der Waals surface area (Å²) in [6.45, 7) is 1.55. The number of allylic oxidation sites excluding steroid dienone is 12. The van der Waals surface area contributed by atoms with Crippen LogP contribution in [0.5, 0.6) is 17.2 Å². The van der Waals surface area contributed by atoms with Gasteiger partial charge >= 0.3 is 11.9 Å². The molecule has 2 aliphatic rings. The van der Waals surface area contributed by atoms with Crippen molar-refractivity contribution in [2.45, 2.75) is 88.8 Å². The molecule has 2 heterocycles. The highest BCUT2D eigenvalue weighted by atomic mass is 16.6. The lowest BCUT2D eigenvalue weighted by atomic mass is 9.86. The molecule has 0 radical (unpaired) electrons. The molecule has 250 valence electrons. The molecule has 10 heteroatoms. The molecule has 0 amide bonds. The number of phenolic OH excluding ortho intramolecular Hbond substituents is 1. The Labute approximate surface area is 270 Å². The number of carbonyl (C=O) groups is 2. The number of benzene rings is 1. The normalized spacial score (nSPS) is 23.2. The summed E-state index contributed by atoms with van der Waals surface area (Å²) in [4.78, 5) is 25.3. The van der Waals surface area contributed by atoms with Crippen LogP contribution in [0.3, 0.4) is 0 Å². The topological polar surface area (TPSA) is 152 Å². The second kappa shape index (κ2) is 19.5. The lowest BCUT2D eigenvalue weighted by Gasteiger charge is -2.44. The van der Waals surface area contributed by atoms with Gasteiger partial charge in [-0.05, 0) is 44.6 Å². The first-order valence-corrected chi connectivity index (χ1v) is 15.7. The van der Waals surface area contributed by atoms with Crippen LogP contribution >= 0.6 is 0 Å². The van der Waals surface area contributed by atoms with E-state index in [2.05, 4.69) is 67.7 Å². The summed E-state index contributed by atoms with van der Waals surface area (Å²) >= 11 is 0. The maximum atomic E-state index is 12.8. The van der Waals surface area contributed by atoms with Crippen molar-refractivity contribution in [3.8, 4) is 17.2 Å². The van der Waals surface area contributed by atoms with Gasteiger partial charge in [0.2, 0.25) is 5.75 Å². The highest BCUT2D eigenvalue weighted by molar-refractivity contribution is 5.95. The summed E-state index contributed by atoms with van der Waals surface area (Å²) < 4.78 is 21.6. The first-order valence-electron chi connectivity index (χ1n) is 15.7. The fourth-order valence-corrected chi connectivity index (χ4v) is 4.99. The van der Waals surface area contributed by atoms with Crippen LogP contribution in [-0.2, 0) is 14.3 Å². The number of unbranched alkanes of at least 4 members (excludes halogenated alkanes) is 1. The van der Waals surface area contributed by atoms with E-state index in [1.807, 2.05) is 12.2 Å². The smallest absolute Gasteiger partial charge is 0.339 e. The third-order valence-electron chi connectivity index (χ3n) is 7.41. The van der Waals surface area contributed by atoms with Crippen molar-refractivity contribution in [3.63, 3.8) is 0 Å². The molecule has 10 nitrogen and oxygen atoms in total. The van der Waals surface area contributed by atoms with Crippen LogP contribution < -0.4 is 9.47 Å². The molecule has 3 rings (SSSR count). The Morgan fingerprint density at radius 2 is 1.50 bits per heavy atom. The van der Waals surface area contributed by atoms with Gasteiger partial charge in [0.05, 0.1) is 19.3 Å². The lowest BCUT2D eigenvalue weighted by Crippen LogP contribution is -2.58. The fraction of sp³-hybridized carbons (Fsp3) is 0.444. The van der Waals surface area contributed by atoms with Crippen molar-refractivity contribution in [2.24, 2.45) is 0 Å². The Kier molecular flexibility index (Phi) is 15.5. The molecule has 1 aromatic carbocycles. The van der Waals surface area contributed by atoms with E-state index < -0.39 is 54.8 Å². The number of ether oxygens (including phenoxy) is 4. The number of carbonyl (C=O) groups excluding carboxylic acids is 2. The standard InChI is InChI=1S/C36H46O10/c1-3-4-5-6-7-8-9-10-11-12-13-14-15-16-17-18-19-20-21-22-28(38)44-26-23-25-29(31(40)33(26)43-2)34-35(46-36(25)42)32(41)30(39)27(24-37)45-34/h5-8,10-11,13-14,16-17,19-20,23,27,30,32,34-35,37,39-41H,3-4,9,12,15,18,21-22,24H2,1-2H3/b6-5+,8-7+,11-10+,14-13+,17-16+,20-19-. The maximum Gasteiger partial charge on any atom is 0.339 e. The lowest BCUT2D eigenvalue weighted by molar-refractivity contribution is -0.235. The molecule has 1 aromatic rings.